The van der Waals surface area contributed by atoms with Crippen LogP contribution in [0.2, 0.25) is 0 Å². The van der Waals surface area contributed by atoms with Crippen molar-refractivity contribution in [2.24, 2.45) is 0 Å². The summed E-state index contributed by atoms with van der Waals surface area (Å²) in [5.41, 5.74) is 2.82. The number of anilines is 1. The van der Waals surface area contributed by atoms with E-state index in [-0.39, 0.29) is 11.7 Å². The molecule has 0 aromatic heterocycles. The monoisotopic (exact) mass is 381 g/mol. The van der Waals surface area contributed by atoms with Gasteiger partial charge in [0.05, 0.1) is 20.1 Å². The minimum atomic E-state index is -0.284. The molecule has 28 heavy (non-hydrogen) atoms. The third kappa shape index (κ3) is 5.77. The van der Waals surface area contributed by atoms with Crippen LogP contribution in [0, 0.1) is 5.82 Å². The first-order valence-corrected chi connectivity index (χ1v) is 10.1. The molecule has 0 saturated heterocycles. The summed E-state index contributed by atoms with van der Waals surface area (Å²) >= 11 is 0. The SMILES string of the molecule is C[N+](C)(Cc1cccc(NC(=O)/C=C/c2ccc(F)cc2)c1)C1CCCCC1. The summed E-state index contributed by atoms with van der Waals surface area (Å²) in [5, 5.41) is 2.92. The van der Waals surface area contributed by atoms with E-state index >= 15 is 0 Å². The molecule has 0 bridgehead atoms. The van der Waals surface area contributed by atoms with Crippen molar-refractivity contribution in [3.05, 3.63) is 71.6 Å². The van der Waals surface area contributed by atoms with Gasteiger partial charge in [0.1, 0.15) is 12.4 Å². The molecule has 2 aromatic carbocycles. The van der Waals surface area contributed by atoms with E-state index in [0.717, 1.165) is 22.3 Å². The Morgan fingerprint density at radius 3 is 2.54 bits per heavy atom. The van der Waals surface area contributed by atoms with Crippen molar-refractivity contribution in [2.45, 2.75) is 44.7 Å². The highest BCUT2D eigenvalue weighted by molar-refractivity contribution is 6.01. The summed E-state index contributed by atoms with van der Waals surface area (Å²) in [7, 11) is 4.62. The van der Waals surface area contributed by atoms with Crippen LogP contribution in [0.5, 0.6) is 0 Å². The van der Waals surface area contributed by atoms with E-state index in [1.807, 2.05) is 12.1 Å². The van der Waals surface area contributed by atoms with Gasteiger partial charge >= 0.3 is 0 Å². The fraction of sp³-hybridized carbons (Fsp3) is 0.375. The van der Waals surface area contributed by atoms with E-state index in [1.165, 1.54) is 55.9 Å². The van der Waals surface area contributed by atoms with Crippen molar-refractivity contribution in [3.8, 4) is 0 Å². The zero-order valence-corrected chi connectivity index (χ0v) is 16.8. The Hall–Kier alpha value is -2.46. The van der Waals surface area contributed by atoms with Crippen molar-refractivity contribution in [1.29, 1.82) is 0 Å². The number of quaternary nitrogens is 1. The van der Waals surface area contributed by atoms with Crippen LogP contribution >= 0.6 is 0 Å². The minimum absolute atomic E-state index is 0.192. The van der Waals surface area contributed by atoms with E-state index in [9.17, 15) is 9.18 Å². The molecule has 148 valence electrons. The van der Waals surface area contributed by atoms with Crippen LogP contribution in [0.25, 0.3) is 6.08 Å². The first kappa shape index (κ1) is 20.3. The van der Waals surface area contributed by atoms with E-state index in [1.54, 1.807) is 18.2 Å². The zero-order valence-electron chi connectivity index (χ0n) is 16.8. The van der Waals surface area contributed by atoms with Gasteiger partial charge in [0.15, 0.2) is 0 Å². The number of nitrogens with zero attached hydrogens (tertiary/aromatic N) is 1. The molecule has 1 aliphatic rings. The molecule has 1 saturated carbocycles. The molecule has 0 atom stereocenters. The van der Waals surface area contributed by atoms with Crippen LogP contribution < -0.4 is 5.32 Å². The summed E-state index contributed by atoms with van der Waals surface area (Å²) in [6.45, 7) is 0.958. The van der Waals surface area contributed by atoms with E-state index in [4.69, 9.17) is 0 Å². The lowest BCUT2D eigenvalue weighted by molar-refractivity contribution is -0.929. The lowest BCUT2D eigenvalue weighted by atomic mass is 9.92. The smallest absolute Gasteiger partial charge is 0.248 e. The van der Waals surface area contributed by atoms with Gasteiger partial charge in [-0.2, -0.15) is 0 Å². The first-order chi connectivity index (χ1) is 13.4. The fourth-order valence-corrected chi connectivity index (χ4v) is 4.06. The molecule has 0 radical (unpaired) electrons. The normalized spacial score (nSPS) is 15.7. The summed E-state index contributed by atoms with van der Waals surface area (Å²) < 4.78 is 13.9. The average Bonchev–Trinajstić information content (AvgIpc) is 2.68. The van der Waals surface area contributed by atoms with Crippen LogP contribution in [0.4, 0.5) is 10.1 Å². The Bertz CT molecular complexity index is 821. The van der Waals surface area contributed by atoms with Crippen LogP contribution in [0.1, 0.15) is 43.2 Å². The molecule has 3 rings (SSSR count). The van der Waals surface area contributed by atoms with Crippen molar-refractivity contribution in [1.82, 2.24) is 0 Å². The lowest BCUT2D eigenvalue weighted by Gasteiger charge is -2.40. The van der Waals surface area contributed by atoms with Gasteiger partial charge in [-0.15, -0.1) is 0 Å². The second-order valence-electron chi connectivity index (χ2n) is 8.30. The van der Waals surface area contributed by atoms with Crippen LogP contribution in [0.15, 0.2) is 54.6 Å². The molecule has 3 nitrogen and oxygen atoms in total. The predicted octanol–water partition coefficient (Wildman–Crippen LogP) is 5.39. The number of rotatable bonds is 6. The maximum atomic E-state index is 12.9. The van der Waals surface area contributed by atoms with Crippen molar-refractivity contribution < 1.29 is 13.7 Å². The molecule has 0 spiro atoms. The second kappa shape index (κ2) is 9.16. The predicted molar refractivity (Wildman–Crippen MR) is 113 cm³/mol. The molecular weight excluding hydrogens is 351 g/mol. The summed E-state index contributed by atoms with van der Waals surface area (Å²) in [6, 6.07) is 14.9. The van der Waals surface area contributed by atoms with Gasteiger partial charge in [-0.25, -0.2) is 4.39 Å². The van der Waals surface area contributed by atoms with E-state index < -0.39 is 0 Å². The maximum absolute atomic E-state index is 12.9. The highest BCUT2D eigenvalue weighted by atomic mass is 19.1. The number of carbonyl (C=O) groups is 1. The average molecular weight is 382 g/mol. The van der Waals surface area contributed by atoms with E-state index in [2.05, 4.69) is 31.5 Å². The zero-order chi connectivity index (χ0) is 20.0. The van der Waals surface area contributed by atoms with Gasteiger partial charge in [-0.3, -0.25) is 4.79 Å². The Morgan fingerprint density at radius 1 is 1.11 bits per heavy atom. The second-order valence-corrected chi connectivity index (χ2v) is 8.30. The topological polar surface area (TPSA) is 29.1 Å². The molecule has 4 heteroatoms. The van der Waals surface area contributed by atoms with Crippen molar-refractivity contribution in [3.63, 3.8) is 0 Å². The molecule has 1 amide bonds. The summed E-state index contributed by atoms with van der Waals surface area (Å²) in [6.07, 6.45) is 9.80. The largest absolute Gasteiger partial charge is 0.322 e. The molecule has 1 aliphatic carbocycles. The molecule has 2 aromatic rings. The number of benzene rings is 2. The number of nitrogens with one attached hydrogen (secondary N) is 1. The van der Waals surface area contributed by atoms with Gasteiger partial charge in [0, 0.05) is 17.3 Å². The van der Waals surface area contributed by atoms with Crippen molar-refractivity contribution >= 4 is 17.7 Å². The third-order valence-electron chi connectivity index (χ3n) is 5.64. The Balaban J connectivity index is 1.60. The highest BCUT2D eigenvalue weighted by Crippen LogP contribution is 2.28. The maximum Gasteiger partial charge on any atom is 0.248 e. The van der Waals surface area contributed by atoms with Crippen LogP contribution in [-0.2, 0) is 11.3 Å². The number of carbonyl (C=O) groups excluding carboxylic acids is 1. The van der Waals surface area contributed by atoms with E-state index in [0.29, 0.717) is 6.04 Å². The molecule has 1 fully saturated rings. The minimum Gasteiger partial charge on any atom is -0.322 e. The Kier molecular flexibility index (Phi) is 6.63. The highest BCUT2D eigenvalue weighted by Gasteiger charge is 2.29. The number of hydrogen-bond acceptors (Lipinski definition) is 1. The quantitative estimate of drug-likeness (QED) is 0.528. The number of amides is 1. The van der Waals surface area contributed by atoms with Gasteiger partial charge < -0.3 is 9.80 Å². The lowest BCUT2D eigenvalue weighted by Crippen LogP contribution is -2.48. The van der Waals surface area contributed by atoms with Gasteiger partial charge in [-0.05, 0) is 61.6 Å². The molecular formula is C24H30FN2O+. The number of halogens is 1. The van der Waals surface area contributed by atoms with Crippen molar-refractivity contribution in [2.75, 3.05) is 19.4 Å². The Morgan fingerprint density at radius 2 is 1.82 bits per heavy atom. The fourth-order valence-electron chi connectivity index (χ4n) is 4.06. The summed E-state index contributed by atoms with van der Waals surface area (Å²) in [4.78, 5) is 12.2. The molecule has 0 heterocycles. The van der Waals surface area contributed by atoms with Crippen LogP contribution in [-0.4, -0.2) is 30.5 Å². The van der Waals surface area contributed by atoms with Gasteiger partial charge in [0.25, 0.3) is 0 Å². The Labute approximate surface area is 167 Å². The molecule has 1 N–H and O–H groups in total. The van der Waals surface area contributed by atoms with Gasteiger partial charge in [0.2, 0.25) is 5.91 Å². The summed E-state index contributed by atoms with van der Waals surface area (Å²) in [5.74, 6) is -0.476. The third-order valence-corrected chi connectivity index (χ3v) is 5.64. The van der Waals surface area contributed by atoms with Gasteiger partial charge in [-0.1, -0.05) is 30.7 Å². The number of hydrogen-bond donors (Lipinski definition) is 1. The first-order valence-electron chi connectivity index (χ1n) is 10.1. The standard InChI is InChI=1S/C24H29FN2O/c1-27(2,23-9-4-3-5-10-23)18-20-7-6-8-22(17-20)26-24(28)16-13-19-11-14-21(25)15-12-19/h6-8,11-17,23H,3-5,9-10,18H2,1-2H3/p+1/b16-13+. The molecule has 0 aliphatic heterocycles. The molecule has 0 unspecified atom stereocenters. The van der Waals surface area contributed by atoms with Crippen LogP contribution in [0.3, 0.4) is 0 Å².